The van der Waals surface area contributed by atoms with Crippen molar-refractivity contribution in [1.29, 1.82) is 0 Å². The molecule has 7 heteroatoms. The fourth-order valence-electron chi connectivity index (χ4n) is 2.17. The van der Waals surface area contributed by atoms with E-state index < -0.39 is 0 Å². The van der Waals surface area contributed by atoms with Gasteiger partial charge >= 0.3 is 6.03 Å². The van der Waals surface area contributed by atoms with Gasteiger partial charge in [-0.15, -0.1) is 0 Å². The molecule has 0 fully saturated rings. The molecular weight excluding hydrogens is 396 g/mol. The summed E-state index contributed by atoms with van der Waals surface area (Å²) in [4.78, 5) is 20.1. The number of hydrogen-bond donors (Lipinski definition) is 2. The van der Waals surface area contributed by atoms with Crippen LogP contribution in [0.5, 0.6) is 5.88 Å². The number of amides is 2. The monoisotopic (exact) mass is 412 g/mol. The van der Waals surface area contributed by atoms with Crippen LogP contribution in [0.3, 0.4) is 0 Å². The lowest BCUT2D eigenvalue weighted by atomic mass is 10.2. The van der Waals surface area contributed by atoms with Gasteiger partial charge < -0.3 is 15.4 Å². The van der Waals surface area contributed by atoms with Crippen molar-refractivity contribution < 1.29 is 9.53 Å². The van der Waals surface area contributed by atoms with Gasteiger partial charge in [0.2, 0.25) is 5.88 Å². The average molecular weight is 413 g/mol. The number of nitrogens with zero attached hydrogens (tertiary/aromatic N) is 2. The van der Waals surface area contributed by atoms with Crippen molar-refractivity contribution in [2.24, 2.45) is 0 Å². The zero-order valence-corrected chi connectivity index (χ0v) is 15.4. The topological polar surface area (TPSA) is 76.1 Å². The summed E-state index contributed by atoms with van der Waals surface area (Å²) < 4.78 is 6.48. The van der Waals surface area contributed by atoms with E-state index in [-0.39, 0.29) is 6.03 Å². The summed E-state index contributed by atoms with van der Waals surface area (Å²) in [7, 11) is 0. The molecule has 0 unspecified atom stereocenters. The molecule has 3 rings (SSSR count). The summed E-state index contributed by atoms with van der Waals surface area (Å²) in [5, 5.41) is 5.58. The number of anilines is 1. The first-order chi connectivity index (χ1) is 12.7. The van der Waals surface area contributed by atoms with E-state index in [0.717, 1.165) is 15.6 Å². The second-order valence-electron chi connectivity index (χ2n) is 5.44. The van der Waals surface area contributed by atoms with Crippen molar-refractivity contribution in [2.45, 2.75) is 13.2 Å². The van der Waals surface area contributed by atoms with Crippen molar-refractivity contribution in [3.63, 3.8) is 0 Å². The zero-order valence-electron chi connectivity index (χ0n) is 13.9. The first-order valence-corrected chi connectivity index (χ1v) is 8.76. The summed E-state index contributed by atoms with van der Waals surface area (Å²) >= 11 is 3.39. The Morgan fingerprint density at radius 3 is 2.58 bits per heavy atom. The molecule has 6 nitrogen and oxygen atoms in total. The van der Waals surface area contributed by atoms with E-state index in [1.54, 1.807) is 18.6 Å². The highest BCUT2D eigenvalue weighted by Gasteiger charge is 2.04. The Hall–Kier alpha value is -2.93. The normalized spacial score (nSPS) is 10.2. The van der Waals surface area contributed by atoms with Gasteiger partial charge in [-0.25, -0.2) is 9.78 Å². The van der Waals surface area contributed by atoms with Gasteiger partial charge in [0.15, 0.2) is 0 Å². The second-order valence-corrected chi connectivity index (χ2v) is 6.30. The molecule has 0 aliphatic heterocycles. The number of halogens is 1. The van der Waals surface area contributed by atoms with E-state index in [1.165, 1.54) is 0 Å². The van der Waals surface area contributed by atoms with E-state index in [4.69, 9.17) is 4.74 Å². The van der Waals surface area contributed by atoms with Gasteiger partial charge in [-0.1, -0.05) is 18.2 Å². The maximum absolute atomic E-state index is 11.9. The summed E-state index contributed by atoms with van der Waals surface area (Å²) in [5.41, 5.74) is 2.62. The van der Waals surface area contributed by atoms with Crippen LogP contribution in [-0.2, 0) is 13.2 Å². The van der Waals surface area contributed by atoms with E-state index in [2.05, 4.69) is 36.5 Å². The third kappa shape index (κ3) is 5.29. The molecule has 132 valence electrons. The third-order valence-corrected chi connectivity index (χ3v) is 4.09. The van der Waals surface area contributed by atoms with Crippen LogP contribution in [0.15, 0.2) is 71.6 Å². The number of rotatable bonds is 6. The second kappa shape index (κ2) is 8.96. The molecule has 2 heterocycles. The Labute approximate surface area is 159 Å². The number of carbonyl (C=O) groups excluding carboxylic acids is 1. The van der Waals surface area contributed by atoms with E-state index >= 15 is 0 Å². The Morgan fingerprint density at radius 2 is 1.85 bits per heavy atom. The fraction of sp³-hybridized carbons (Fsp3) is 0.105. The van der Waals surface area contributed by atoms with Gasteiger partial charge in [0.05, 0.1) is 4.47 Å². The van der Waals surface area contributed by atoms with E-state index in [9.17, 15) is 4.79 Å². The average Bonchev–Trinajstić information content (AvgIpc) is 2.68. The maximum Gasteiger partial charge on any atom is 0.319 e. The van der Waals surface area contributed by atoms with E-state index in [0.29, 0.717) is 24.7 Å². The van der Waals surface area contributed by atoms with Gasteiger partial charge in [-0.05, 0) is 57.4 Å². The van der Waals surface area contributed by atoms with Crippen molar-refractivity contribution >= 4 is 27.6 Å². The fourth-order valence-corrected chi connectivity index (χ4v) is 2.54. The van der Waals surface area contributed by atoms with Crippen molar-refractivity contribution in [2.75, 3.05) is 5.32 Å². The Morgan fingerprint density at radius 1 is 1.04 bits per heavy atom. The molecule has 0 atom stereocenters. The highest BCUT2D eigenvalue weighted by atomic mass is 79.9. The van der Waals surface area contributed by atoms with Crippen LogP contribution >= 0.6 is 15.9 Å². The molecule has 0 aliphatic carbocycles. The first-order valence-electron chi connectivity index (χ1n) is 7.97. The van der Waals surface area contributed by atoms with Gasteiger partial charge in [-0.2, -0.15) is 0 Å². The lowest BCUT2D eigenvalue weighted by Crippen LogP contribution is -2.28. The largest absolute Gasteiger partial charge is 0.472 e. The lowest BCUT2D eigenvalue weighted by Gasteiger charge is -2.09. The maximum atomic E-state index is 11.9. The minimum absolute atomic E-state index is 0.268. The predicted octanol–water partition coefficient (Wildman–Crippen LogP) is 4.14. The summed E-state index contributed by atoms with van der Waals surface area (Å²) in [6.07, 6.45) is 5.09. The Balaban J connectivity index is 1.48. The molecule has 2 N–H and O–H groups in total. The summed E-state index contributed by atoms with van der Waals surface area (Å²) in [6, 6.07) is 14.6. The number of urea groups is 1. The van der Waals surface area contributed by atoms with Gasteiger partial charge in [0, 0.05) is 30.8 Å². The first kappa shape index (κ1) is 17.9. The van der Waals surface area contributed by atoms with Gasteiger partial charge in [0.1, 0.15) is 6.61 Å². The minimum Gasteiger partial charge on any atom is -0.472 e. The smallest absolute Gasteiger partial charge is 0.319 e. The van der Waals surface area contributed by atoms with Gasteiger partial charge in [0.25, 0.3) is 0 Å². The number of ether oxygens (including phenoxy) is 1. The SMILES string of the molecule is O=C(NCc1cccnc1)Nc1ccc(COc2ncccc2Br)cc1. The number of pyridine rings is 2. The highest BCUT2D eigenvalue weighted by molar-refractivity contribution is 9.10. The molecule has 0 aliphatic rings. The number of nitrogens with one attached hydrogen (secondary N) is 2. The van der Waals surface area contributed by atoms with Gasteiger partial charge in [-0.3, -0.25) is 4.98 Å². The Kier molecular flexibility index (Phi) is 6.16. The number of benzene rings is 1. The van der Waals surface area contributed by atoms with Crippen LogP contribution < -0.4 is 15.4 Å². The van der Waals surface area contributed by atoms with Crippen LogP contribution in [0.4, 0.5) is 10.5 Å². The minimum atomic E-state index is -0.268. The van der Waals surface area contributed by atoms with Crippen LogP contribution in [0.25, 0.3) is 0 Å². The van der Waals surface area contributed by atoms with Crippen molar-refractivity contribution in [3.8, 4) is 5.88 Å². The number of carbonyl (C=O) groups is 1. The van der Waals surface area contributed by atoms with E-state index in [1.807, 2.05) is 48.5 Å². The van der Waals surface area contributed by atoms with Crippen LogP contribution in [-0.4, -0.2) is 16.0 Å². The zero-order chi connectivity index (χ0) is 18.2. The van der Waals surface area contributed by atoms with Crippen LogP contribution in [0, 0.1) is 0 Å². The molecule has 3 aromatic rings. The predicted molar refractivity (Wildman–Crippen MR) is 103 cm³/mol. The summed E-state index contributed by atoms with van der Waals surface area (Å²) in [6.45, 7) is 0.813. The molecule has 0 bridgehead atoms. The molecule has 2 amide bonds. The molecule has 26 heavy (non-hydrogen) atoms. The molecule has 1 aromatic carbocycles. The number of hydrogen-bond acceptors (Lipinski definition) is 4. The molecule has 0 saturated heterocycles. The Bertz CT molecular complexity index is 857. The summed E-state index contributed by atoms with van der Waals surface area (Å²) in [5.74, 6) is 0.546. The van der Waals surface area contributed by atoms with Crippen LogP contribution in [0.2, 0.25) is 0 Å². The van der Waals surface area contributed by atoms with Crippen molar-refractivity contribution in [3.05, 3.63) is 82.7 Å². The van der Waals surface area contributed by atoms with Crippen molar-refractivity contribution in [1.82, 2.24) is 15.3 Å². The quantitative estimate of drug-likeness (QED) is 0.637. The third-order valence-electron chi connectivity index (χ3n) is 3.49. The molecule has 0 saturated carbocycles. The van der Waals surface area contributed by atoms with Crippen LogP contribution in [0.1, 0.15) is 11.1 Å². The standard InChI is InChI=1S/C19H17BrN4O2/c20-17-4-2-10-22-18(17)26-13-14-5-7-16(8-6-14)24-19(25)23-12-15-3-1-9-21-11-15/h1-11H,12-13H2,(H2,23,24,25). The lowest BCUT2D eigenvalue weighted by molar-refractivity contribution is 0.251. The number of aromatic nitrogens is 2. The molecule has 2 aromatic heterocycles. The molecule has 0 radical (unpaired) electrons. The molecular formula is C19H17BrN4O2. The highest BCUT2D eigenvalue weighted by Crippen LogP contribution is 2.22. The molecule has 0 spiro atoms.